The first-order chi connectivity index (χ1) is 11.8. The smallest absolute Gasteiger partial charge is 0.211 e. The number of hydrogen-bond donors (Lipinski definition) is 1. The zero-order valence-corrected chi connectivity index (χ0v) is 13.4. The Morgan fingerprint density at radius 1 is 1.04 bits per heavy atom. The highest BCUT2D eigenvalue weighted by Gasteiger charge is 2.13. The number of pyridine rings is 1. The highest BCUT2D eigenvalue weighted by Crippen LogP contribution is 2.22. The Labute approximate surface area is 140 Å². The van der Waals surface area contributed by atoms with E-state index in [9.17, 15) is 0 Å². The molecule has 1 N–H and O–H groups in total. The topological polar surface area (TPSA) is 55.4 Å². The average molecular weight is 318 g/mol. The summed E-state index contributed by atoms with van der Waals surface area (Å²) in [5, 5.41) is 3.44. The predicted molar refractivity (Wildman–Crippen MR) is 92.4 cm³/mol. The number of imidazole rings is 1. The molecule has 1 aromatic carbocycles. The van der Waals surface area contributed by atoms with Crippen molar-refractivity contribution in [3.05, 3.63) is 78.7 Å². The van der Waals surface area contributed by atoms with Crippen LogP contribution in [0.4, 0.5) is 0 Å². The van der Waals surface area contributed by atoms with E-state index in [-0.39, 0.29) is 6.04 Å². The van der Waals surface area contributed by atoms with E-state index in [0.717, 1.165) is 22.7 Å². The van der Waals surface area contributed by atoms with Crippen molar-refractivity contribution in [1.29, 1.82) is 0 Å². The Morgan fingerprint density at radius 2 is 1.88 bits per heavy atom. The summed E-state index contributed by atoms with van der Waals surface area (Å²) < 4.78 is 7.97. The van der Waals surface area contributed by atoms with Gasteiger partial charge in [-0.25, -0.2) is 9.97 Å². The molecule has 0 aliphatic rings. The van der Waals surface area contributed by atoms with Crippen molar-refractivity contribution >= 4 is 5.65 Å². The molecule has 1 atom stereocenters. The van der Waals surface area contributed by atoms with E-state index in [1.807, 2.05) is 67.8 Å². The van der Waals surface area contributed by atoms with Crippen LogP contribution in [0.3, 0.4) is 0 Å². The Hall–Kier alpha value is -2.92. The third-order valence-electron chi connectivity index (χ3n) is 4.04. The molecule has 0 unspecified atom stereocenters. The maximum Gasteiger partial charge on any atom is 0.211 e. The minimum atomic E-state index is 0.0109. The van der Waals surface area contributed by atoms with E-state index in [4.69, 9.17) is 4.42 Å². The molecule has 0 spiro atoms. The van der Waals surface area contributed by atoms with Gasteiger partial charge in [-0.05, 0) is 19.1 Å². The Balaban J connectivity index is 1.47. The predicted octanol–water partition coefficient (Wildman–Crippen LogP) is 3.84. The van der Waals surface area contributed by atoms with Crippen molar-refractivity contribution in [2.24, 2.45) is 0 Å². The Bertz CT molecular complexity index is 942. The van der Waals surface area contributed by atoms with E-state index in [1.54, 1.807) is 6.20 Å². The van der Waals surface area contributed by atoms with Gasteiger partial charge in [0.2, 0.25) is 5.89 Å². The minimum absolute atomic E-state index is 0.0109. The van der Waals surface area contributed by atoms with E-state index in [2.05, 4.69) is 19.7 Å². The molecule has 120 valence electrons. The number of hydrogen-bond acceptors (Lipinski definition) is 4. The first-order valence-electron chi connectivity index (χ1n) is 7.97. The summed E-state index contributed by atoms with van der Waals surface area (Å²) in [5.74, 6) is 1.47. The average Bonchev–Trinajstić information content (AvgIpc) is 3.28. The molecule has 4 aromatic rings. The Morgan fingerprint density at radius 3 is 2.75 bits per heavy atom. The molecule has 3 aromatic heterocycles. The van der Waals surface area contributed by atoms with Crippen LogP contribution in [0.5, 0.6) is 0 Å². The van der Waals surface area contributed by atoms with Crippen molar-refractivity contribution in [3.8, 4) is 11.3 Å². The van der Waals surface area contributed by atoms with Gasteiger partial charge < -0.3 is 14.1 Å². The second kappa shape index (κ2) is 6.29. The molecule has 0 aliphatic carbocycles. The van der Waals surface area contributed by atoms with E-state index in [0.29, 0.717) is 12.4 Å². The van der Waals surface area contributed by atoms with Gasteiger partial charge in [0.1, 0.15) is 5.65 Å². The van der Waals surface area contributed by atoms with Crippen molar-refractivity contribution in [3.63, 3.8) is 0 Å². The lowest BCUT2D eigenvalue weighted by molar-refractivity contribution is 0.420. The van der Waals surface area contributed by atoms with E-state index in [1.165, 1.54) is 0 Å². The second-order valence-electron chi connectivity index (χ2n) is 5.71. The van der Waals surface area contributed by atoms with Gasteiger partial charge in [-0.2, -0.15) is 0 Å². The number of fused-ring (bicyclic) bond motifs is 1. The third kappa shape index (κ3) is 2.81. The van der Waals surface area contributed by atoms with Gasteiger partial charge in [0.15, 0.2) is 5.76 Å². The molecule has 0 saturated carbocycles. The molecule has 0 fully saturated rings. The zero-order chi connectivity index (χ0) is 16.4. The molecule has 0 aliphatic heterocycles. The number of nitrogens with one attached hydrogen (secondary N) is 1. The standard InChI is InChI=1S/C19H18N4O/c1-14(19-22-13-17(24-19)15-7-3-2-4-8-15)20-11-16-12-21-18-9-5-6-10-23(16)18/h2-10,12-14,20H,11H2,1H3/t14-/m0/s1. The van der Waals surface area contributed by atoms with Crippen LogP contribution in [0, 0.1) is 0 Å². The maximum atomic E-state index is 5.89. The van der Waals surface area contributed by atoms with Crippen LogP contribution in [0.25, 0.3) is 17.0 Å². The van der Waals surface area contributed by atoms with Crippen LogP contribution in [0.15, 0.2) is 71.5 Å². The van der Waals surface area contributed by atoms with Crippen LogP contribution in [0.2, 0.25) is 0 Å². The van der Waals surface area contributed by atoms with E-state index < -0.39 is 0 Å². The van der Waals surface area contributed by atoms with Gasteiger partial charge in [0.05, 0.1) is 24.1 Å². The van der Waals surface area contributed by atoms with Gasteiger partial charge >= 0.3 is 0 Å². The molecular formula is C19H18N4O. The number of rotatable bonds is 5. The summed E-state index contributed by atoms with van der Waals surface area (Å²) in [5.41, 5.74) is 3.09. The largest absolute Gasteiger partial charge is 0.439 e. The van der Waals surface area contributed by atoms with Gasteiger partial charge in [-0.3, -0.25) is 0 Å². The second-order valence-corrected chi connectivity index (χ2v) is 5.71. The lowest BCUT2D eigenvalue weighted by atomic mass is 10.2. The molecule has 5 heteroatoms. The molecule has 0 saturated heterocycles. The fourth-order valence-electron chi connectivity index (χ4n) is 2.68. The molecule has 4 rings (SSSR count). The van der Waals surface area contributed by atoms with Crippen LogP contribution in [-0.4, -0.2) is 14.4 Å². The quantitative estimate of drug-likeness (QED) is 0.607. The summed E-state index contributed by atoms with van der Waals surface area (Å²) in [6.07, 6.45) is 5.68. The van der Waals surface area contributed by atoms with Crippen molar-refractivity contribution in [2.75, 3.05) is 0 Å². The molecule has 24 heavy (non-hydrogen) atoms. The first-order valence-corrected chi connectivity index (χ1v) is 7.97. The summed E-state index contributed by atoms with van der Waals surface area (Å²) in [7, 11) is 0. The summed E-state index contributed by atoms with van der Waals surface area (Å²) >= 11 is 0. The summed E-state index contributed by atoms with van der Waals surface area (Å²) in [4.78, 5) is 8.80. The van der Waals surface area contributed by atoms with Crippen LogP contribution < -0.4 is 5.32 Å². The number of benzene rings is 1. The maximum absolute atomic E-state index is 5.89. The molecular weight excluding hydrogens is 300 g/mol. The third-order valence-corrected chi connectivity index (χ3v) is 4.04. The molecule has 5 nitrogen and oxygen atoms in total. The van der Waals surface area contributed by atoms with Crippen LogP contribution in [-0.2, 0) is 6.54 Å². The SMILES string of the molecule is C[C@H](NCc1cnc2ccccn12)c1ncc(-c2ccccc2)o1. The van der Waals surface area contributed by atoms with Gasteiger partial charge in [0, 0.05) is 18.3 Å². The van der Waals surface area contributed by atoms with Crippen molar-refractivity contribution in [1.82, 2.24) is 19.7 Å². The zero-order valence-electron chi connectivity index (χ0n) is 13.4. The minimum Gasteiger partial charge on any atom is -0.439 e. The summed E-state index contributed by atoms with van der Waals surface area (Å²) in [6.45, 7) is 2.74. The molecule has 0 radical (unpaired) electrons. The first kappa shape index (κ1) is 14.7. The monoisotopic (exact) mass is 318 g/mol. The van der Waals surface area contributed by atoms with Gasteiger partial charge in [0.25, 0.3) is 0 Å². The van der Waals surface area contributed by atoms with Crippen LogP contribution in [0.1, 0.15) is 24.6 Å². The lowest BCUT2D eigenvalue weighted by Crippen LogP contribution is -2.19. The number of oxazole rings is 1. The molecule has 0 bridgehead atoms. The molecule has 0 amide bonds. The summed E-state index contributed by atoms with van der Waals surface area (Å²) in [6, 6.07) is 16.0. The van der Waals surface area contributed by atoms with Gasteiger partial charge in [-0.1, -0.05) is 36.4 Å². The highest BCUT2D eigenvalue weighted by atomic mass is 16.4. The fourth-order valence-corrected chi connectivity index (χ4v) is 2.68. The van der Waals surface area contributed by atoms with Crippen molar-refractivity contribution < 1.29 is 4.42 Å². The van der Waals surface area contributed by atoms with E-state index >= 15 is 0 Å². The van der Waals surface area contributed by atoms with Gasteiger partial charge in [-0.15, -0.1) is 0 Å². The fraction of sp³-hybridized carbons (Fsp3) is 0.158. The van der Waals surface area contributed by atoms with Crippen molar-refractivity contribution in [2.45, 2.75) is 19.5 Å². The Kier molecular flexibility index (Phi) is 3.84. The highest BCUT2D eigenvalue weighted by molar-refractivity contribution is 5.55. The normalized spacial score (nSPS) is 12.5. The number of aromatic nitrogens is 3. The molecule has 3 heterocycles. The number of nitrogens with zero attached hydrogens (tertiary/aromatic N) is 3. The lowest BCUT2D eigenvalue weighted by Gasteiger charge is -2.10. The van der Waals surface area contributed by atoms with Crippen LogP contribution >= 0.6 is 0 Å².